The highest BCUT2D eigenvalue weighted by Gasteiger charge is 2.13. The van der Waals surface area contributed by atoms with E-state index in [-0.39, 0.29) is 5.41 Å². The van der Waals surface area contributed by atoms with Crippen LogP contribution in [0.2, 0.25) is 0 Å². The van der Waals surface area contributed by atoms with Gasteiger partial charge in [0.25, 0.3) is 0 Å². The van der Waals surface area contributed by atoms with Crippen molar-refractivity contribution in [3.8, 4) is 0 Å². The first-order valence-electron chi connectivity index (χ1n) is 6.15. The fourth-order valence-electron chi connectivity index (χ4n) is 1.22. The Kier molecular flexibility index (Phi) is 11.2. The summed E-state index contributed by atoms with van der Waals surface area (Å²) in [4.78, 5) is 1.89. The van der Waals surface area contributed by atoms with Crippen molar-refractivity contribution in [3.63, 3.8) is 0 Å². The topological polar surface area (TPSA) is 0 Å². The number of rotatable bonds is 4. The molecule has 5 heteroatoms. The maximum atomic E-state index is 4.32. The molecular weight excluding hydrogens is 328 g/mol. The van der Waals surface area contributed by atoms with E-state index >= 15 is 0 Å². The summed E-state index contributed by atoms with van der Waals surface area (Å²) in [5.74, 6) is 4.28. The van der Waals surface area contributed by atoms with Gasteiger partial charge in [0.05, 0.1) is 0 Å². The molecule has 0 aromatic heterocycles. The van der Waals surface area contributed by atoms with Gasteiger partial charge in [-0.25, -0.2) is 0 Å². The first-order chi connectivity index (χ1) is 8.82. The molecule has 0 unspecified atom stereocenters. The Morgan fingerprint density at radius 3 is 1.84 bits per heavy atom. The van der Waals surface area contributed by atoms with Gasteiger partial charge in [-0.15, -0.1) is 25.3 Å². The van der Waals surface area contributed by atoms with Gasteiger partial charge in [0.15, 0.2) is 0 Å². The van der Waals surface area contributed by atoms with Crippen molar-refractivity contribution in [3.05, 3.63) is 23.8 Å². The maximum absolute atomic E-state index is 4.32. The predicted octanol–water partition coefficient (Wildman–Crippen LogP) is 5.14. The molecule has 0 aliphatic carbocycles. The third-order valence-corrected chi connectivity index (χ3v) is 5.29. The van der Waals surface area contributed by atoms with Crippen molar-refractivity contribution >= 4 is 62.3 Å². The summed E-state index contributed by atoms with van der Waals surface area (Å²) in [6, 6.07) is 6.17. The summed E-state index contributed by atoms with van der Waals surface area (Å²) in [5.41, 5.74) is 1.49. The molecule has 19 heavy (non-hydrogen) atoms. The fraction of sp³-hybridized carbons (Fsp3) is 0.571. The summed E-state index contributed by atoms with van der Waals surface area (Å²) < 4.78 is 0. The zero-order valence-corrected chi connectivity index (χ0v) is 16.2. The van der Waals surface area contributed by atoms with E-state index in [1.165, 1.54) is 5.56 Å². The van der Waals surface area contributed by atoms with E-state index in [4.69, 9.17) is 0 Å². The summed E-state index contributed by atoms with van der Waals surface area (Å²) >= 11 is 18.6. The average molecular weight is 353 g/mol. The smallest absolute Gasteiger partial charge is 0.0177 e. The molecule has 0 fully saturated rings. The largest absolute Gasteiger partial charge is 0.179 e. The lowest BCUT2D eigenvalue weighted by Gasteiger charge is -2.19. The van der Waals surface area contributed by atoms with Gasteiger partial charge >= 0.3 is 0 Å². The molecule has 0 saturated carbocycles. The van der Waals surface area contributed by atoms with E-state index in [9.17, 15) is 0 Å². The van der Waals surface area contributed by atoms with Crippen LogP contribution in [0.15, 0.2) is 28.0 Å². The minimum absolute atomic E-state index is 0.193. The van der Waals surface area contributed by atoms with Crippen molar-refractivity contribution < 1.29 is 0 Å². The molecule has 0 saturated heterocycles. The zero-order valence-electron chi connectivity index (χ0n) is 11.8. The summed E-state index contributed by atoms with van der Waals surface area (Å²) in [6.07, 6.45) is 0. The van der Waals surface area contributed by atoms with Gasteiger partial charge in [-0.1, -0.05) is 26.8 Å². The molecule has 1 aromatic rings. The van der Waals surface area contributed by atoms with E-state index in [0.717, 1.165) is 32.8 Å². The van der Waals surface area contributed by atoms with Crippen LogP contribution in [-0.2, 0) is 5.41 Å². The Labute approximate surface area is 144 Å². The standard InChI is InChI=1S/C10H14S2.C4H10S3/c1-10(2,3)7-4-5-8(11)9(12)6-7;5-1-3-7-4-2-6/h4-6,11-12H,1-3H3;5-6H,1-4H2. The van der Waals surface area contributed by atoms with E-state index in [2.05, 4.69) is 83.4 Å². The van der Waals surface area contributed by atoms with E-state index in [1.807, 2.05) is 17.8 Å². The van der Waals surface area contributed by atoms with Gasteiger partial charge in [0.2, 0.25) is 0 Å². The molecule has 0 radical (unpaired) electrons. The number of thioether (sulfide) groups is 1. The van der Waals surface area contributed by atoms with Crippen LogP contribution in [0, 0.1) is 0 Å². The van der Waals surface area contributed by atoms with Crippen LogP contribution in [0.3, 0.4) is 0 Å². The SMILES string of the molecule is CC(C)(C)c1ccc(S)c(S)c1.SCCSCCS. The number of benzene rings is 1. The molecule has 0 aliphatic heterocycles. The van der Waals surface area contributed by atoms with Crippen molar-refractivity contribution in [1.82, 2.24) is 0 Å². The number of hydrogen-bond donors (Lipinski definition) is 4. The lowest BCUT2D eigenvalue weighted by Crippen LogP contribution is -2.10. The zero-order chi connectivity index (χ0) is 14.9. The molecule has 0 heterocycles. The van der Waals surface area contributed by atoms with Crippen LogP contribution in [-0.4, -0.2) is 23.0 Å². The highest BCUT2D eigenvalue weighted by atomic mass is 32.2. The lowest BCUT2D eigenvalue weighted by atomic mass is 9.87. The van der Waals surface area contributed by atoms with Crippen molar-refractivity contribution in [2.45, 2.75) is 36.0 Å². The first kappa shape index (κ1) is 20.0. The average Bonchev–Trinajstić information content (AvgIpc) is 2.33. The highest BCUT2D eigenvalue weighted by Crippen LogP contribution is 2.27. The highest BCUT2D eigenvalue weighted by molar-refractivity contribution is 8.00. The predicted molar refractivity (Wildman–Crippen MR) is 105 cm³/mol. The second-order valence-corrected chi connectivity index (χ2v) is 8.10. The van der Waals surface area contributed by atoms with Crippen molar-refractivity contribution in [2.24, 2.45) is 0 Å². The molecule has 0 amide bonds. The molecule has 0 atom stereocenters. The summed E-state index contributed by atoms with van der Waals surface area (Å²) in [6.45, 7) is 6.56. The minimum Gasteiger partial charge on any atom is -0.179 e. The van der Waals surface area contributed by atoms with Crippen LogP contribution < -0.4 is 0 Å². The van der Waals surface area contributed by atoms with Gasteiger partial charge in [-0.2, -0.15) is 37.0 Å². The molecule has 1 aromatic carbocycles. The molecule has 110 valence electrons. The van der Waals surface area contributed by atoms with Crippen LogP contribution in [0.4, 0.5) is 0 Å². The third-order valence-electron chi connectivity index (χ3n) is 2.31. The van der Waals surface area contributed by atoms with Gasteiger partial charge in [-0.3, -0.25) is 0 Å². The van der Waals surface area contributed by atoms with Gasteiger partial charge in [0, 0.05) is 21.3 Å². The Morgan fingerprint density at radius 2 is 1.47 bits per heavy atom. The van der Waals surface area contributed by atoms with Gasteiger partial charge in [0.1, 0.15) is 0 Å². The summed E-state index contributed by atoms with van der Waals surface area (Å²) in [5, 5.41) is 0. The molecule has 0 bridgehead atoms. The van der Waals surface area contributed by atoms with Crippen LogP contribution >= 0.6 is 62.3 Å². The number of thiol groups is 4. The normalized spacial score (nSPS) is 10.9. The van der Waals surface area contributed by atoms with Crippen LogP contribution in [0.25, 0.3) is 0 Å². The van der Waals surface area contributed by atoms with E-state index in [1.54, 1.807) is 0 Å². The second kappa shape index (κ2) is 10.7. The Hall–Kier alpha value is 0.970. The molecule has 0 spiro atoms. The van der Waals surface area contributed by atoms with Gasteiger partial charge < -0.3 is 0 Å². The van der Waals surface area contributed by atoms with Crippen LogP contribution in [0.1, 0.15) is 26.3 Å². The summed E-state index contributed by atoms with van der Waals surface area (Å²) in [7, 11) is 0. The quantitative estimate of drug-likeness (QED) is 0.430. The Balaban J connectivity index is 0.000000399. The fourth-order valence-corrected chi connectivity index (χ4v) is 2.81. The lowest BCUT2D eigenvalue weighted by molar-refractivity contribution is 0.588. The van der Waals surface area contributed by atoms with E-state index < -0.39 is 0 Å². The maximum Gasteiger partial charge on any atom is 0.0177 e. The molecular formula is C14H24S5. The first-order valence-corrected chi connectivity index (χ1v) is 9.46. The number of hydrogen-bond acceptors (Lipinski definition) is 5. The Morgan fingerprint density at radius 1 is 0.947 bits per heavy atom. The van der Waals surface area contributed by atoms with Gasteiger partial charge in [-0.05, 0) is 34.6 Å². The third kappa shape index (κ3) is 9.51. The van der Waals surface area contributed by atoms with Crippen molar-refractivity contribution in [2.75, 3.05) is 23.0 Å². The van der Waals surface area contributed by atoms with Crippen molar-refractivity contribution in [1.29, 1.82) is 0 Å². The van der Waals surface area contributed by atoms with Crippen LogP contribution in [0.5, 0.6) is 0 Å². The molecule has 0 N–H and O–H groups in total. The van der Waals surface area contributed by atoms with E-state index in [0.29, 0.717) is 0 Å². The second-order valence-electron chi connectivity index (χ2n) is 5.01. The minimum atomic E-state index is 0.193. The Bertz CT molecular complexity index is 353. The molecule has 1 rings (SSSR count). The monoisotopic (exact) mass is 352 g/mol. The molecule has 0 nitrogen and oxygen atoms in total. The molecule has 0 aliphatic rings.